The quantitative estimate of drug-likeness (QED) is 0.549. The standard InChI is InChI=1S/C20H17F2N3O2/c1-12-14(5-4-7-15(12)21)20(9-13-11-23-24-17(13)10-20)19(26)25(27)18-8-3-2-6-16(18)22/h2-8,11,27H,9-10H2,1H3,(H,23,24)/t20-/m0/s1. The SMILES string of the molecule is Cc1c(F)cccc1[C@]1(C(=O)N(O)c2ccccc2F)Cc2cn[nH]c2C1. The van der Waals surface area contributed by atoms with Crippen LogP contribution in [0.25, 0.3) is 0 Å². The van der Waals surface area contributed by atoms with Crippen molar-refractivity contribution in [3.8, 4) is 0 Å². The molecule has 0 unspecified atom stereocenters. The normalized spacial score (nSPS) is 18.4. The summed E-state index contributed by atoms with van der Waals surface area (Å²) in [5, 5.41) is 17.7. The predicted octanol–water partition coefficient (Wildman–Crippen LogP) is 3.46. The third-order valence-electron chi connectivity index (χ3n) is 5.24. The average Bonchev–Trinajstić information content (AvgIpc) is 3.23. The molecule has 0 fully saturated rings. The maximum absolute atomic E-state index is 14.2. The lowest BCUT2D eigenvalue weighted by atomic mass is 9.74. The van der Waals surface area contributed by atoms with Crippen LogP contribution in [-0.2, 0) is 23.1 Å². The van der Waals surface area contributed by atoms with Gasteiger partial charge in [-0.1, -0.05) is 24.3 Å². The summed E-state index contributed by atoms with van der Waals surface area (Å²) in [4.78, 5) is 13.4. The largest absolute Gasteiger partial charge is 0.282 e. The minimum absolute atomic E-state index is 0.205. The Balaban J connectivity index is 1.85. The molecule has 138 valence electrons. The number of aromatic nitrogens is 2. The lowest BCUT2D eigenvalue weighted by molar-refractivity contribution is -0.129. The molecule has 0 aliphatic heterocycles. The average molecular weight is 369 g/mol. The van der Waals surface area contributed by atoms with Crippen LogP contribution in [0.15, 0.2) is 48.7 Å². The molecule has 0 spiro atoms. The summed E-state index contributed by atoms with van der Waals surface area (Å²) in [6.07, 6.45) is 2.05. The first-order valence-corrected chi connectivity index (χ1v) is 8.49. The summed E-state index contributed by atoms with van der Waals surface area (Å²) < 4.78 is 28.4. The van der Waals surface area contributed by atoms with Crippen molar-refractivity contribution in [3.63, 3.8) is 0 Å². The monoisotopic (exact) mass is 369 g/mol. The molecule has 1 aliphatic carbocycles. The summed E-state index contributed by atoms with van der Waals surface area (Å²) in [5.41, 5.74) is 0.846. The first kappa shape index (κ1) is 17.4. The second-order valence-corrected chi connectivity index (χ2v) is 6.79. The Bertz CT molecular complexity index is 1010. The van der Waals surface area contributed by atoms with Gasteiger partial charge in [-0.2, -0.15) is 10.2 Å². The van der Waals surface area contributed by atoms with E-state index in [9.17, 15) is 18.8 Å². The van der Waals surface area contributed by atoms with Crippen molar-refractivity contribution in [2.24, 2.45) is 0 Å². The van der Waals surface area contributed by atoms with Gasteiger partial charge >= 0.3 is 0 Å². The first-order chi connectivity index (χ1) is 12.9. The summed E-state index contributed by atoms with van der Waals surface area (Å²) in [6, 6.07) is 9.99. The van der Waals surface area contributed by atoms with E-state index in [4.69, 9.17) is 0 Å². The molecule has 1 aromatic heterocycles. The van der Waals surface area contributed by atoms with Crippen LogP contribution >= 0.6 is 0 Å². The fraction of sp³-hybridized carbons (Fsp3) is 0.200. The molecule has 0 radical (unpaired) electrons. The zero-order valence-electron chi connectivity index (χ0n) is 14.5. The number of fused-ring (bicyclic) bond motifs is 1. The van der Waals surface area contributed by atoms with Gasteiger partial charge in [-0.15, -0.1) is 0 Å². The highest BCUT2D eigenvalue weighted by Crippen LogP contribution is 2.42. The minimum Gasteiger partial charge on any atom is -0.282 e. The molecule has 1 heterocycles. The summed E-state index contributed by atoms with van der Waals surface area (Å²) >= 11 is 0. The second kappa shape index (κ2) is 6.28. The molecule has 0 bridgehead atoms. The van der Waals surface area contributed by atoms with E-state index in [-0.39, 0.29) is 18.5 Å². The molecule has 1 amide bonds. The van der Waals surface area contributed by atoms with E-state index in [1.165, 1.54) is 30.3 Å². The summed E-state index contributed by atoms with van der Waals surface area (Å²) in [5.74, 6) is -1.88. The molecule has 0 saturated heterocycles. The predicted molar refractivity (Wildman–Crippen MR) is 94.5 cm³/mol. The van der Waals surface area contributed by atoms with Crippen molar-refractivity contribution in [1.82, 2.24) is 10.2 Å². The summed E-state index contributed by atoms with van der Waals surface area (Å²) in [6.45, 7) is 1.59. The van der Waals surface area contributed by atoms with Crippen molar-refractivity contribution in [1.29, 1.82) is 0 Å². The molecule has 4 rings (SSSR count). The molecular weight excluding hydrogens is 352 g/mol. The van der Waals surface area contributed by atoms with Crippen molar-refractivity contribution in [2.75, 3.05) is 5.06 Å². The highest BCUT2D eigenvalue weighted by molar-refractivity contribution is 6.00. The van der Waals surface area contributed by atoms with E-state index in [0.29, 0.717) is 16.2 Å². The van der Waals surface area contributed by atoms with Crippen molar-refractivity contribution < 1.29 is 18.8 Å². The van der Waals surface area contributed by atoms with Crippen LogP contribution in [0.2, 0.25) is 0 Å². The van der Waals surface area contributed by atoms with Crippen LogP contribution in [0.5, 0.6) is 0 Å². The zero-order chi connectivity index (χ0) is 19.2. The Kier molecular flexibility index (Phi) is 4.04. The number of para-hydroxylation sites is 1. The number of hydrogen-bond acceptors (Lipinski definition) is 3. The number of hydrogen-bond donors (Lipinski definition) is 2. The first-order valence-electron chi connectivity index (χ1n) is 8.49. The van der Waals surface area contributed by atoms with Crippen LogP contribution in [0, 0.1) is 18.6 Å². The van der Waals surface area contributed by atoms with Gasteiger partial charge in [0.05, 0.1) is 11.6 Å². The number of halogens is 2. The molecule has 2 aromatic carbocycles. The van der Waals surface area contributed by atoms with Gasteiger partial charge in [0.2, 0.25) is 0 Å². The van der Waals surface area contributed by atoms with Gasteiger partial charge in [0.15, 0.2) is 0 Å². The lowest BCUT2D eigenvalue weighted by Crippen LogP contribution is -2.47. The molecular formula is C20H17F2N3O2. The van der Waals surface area contributed by atoms with Crippen LogP contribution in [0.4, 0.5) is 14.5 Å². The van der Waals surface area contributed by atoms with E-state index in [2.05, 4.69) is 10.2 Å². The number of H-pyrrole nitrogens is 1. The Morgan fingerprint density at radius 3 is 2.63 bits per heavy atom. The van der Waals surface area contributed by atoms with Crippen LogP contribution < -0.4 is 5.06 Å². The van der Waals surface area contributed by atoms with Crippen molar-refractivity contribution >= 4 is 11.6 Å². The van der Waals surface area contributed by atoms with Crippen LogP contribution in [-0.4, -0.2) is 21.3 Å². The van der Waals surface area contributed by atoms with Crippen molar-refractivity contribution in [3.05, 3.63) is 82.7 Å². The van der Waals surface area contributed by atoms with Crippen molar-refractivity contribution in [2.45, 2.75) is 25.2 Å². The smallest absolute Gasteiger partial charge is 0.262 e. The number of aromatic amines is 1. The Morgan fingerprint density at radius 1 is 1.15 bits per heavy atom. The topological polar surface area (TPSA) is 69.2 Å². The Morgan fingerprint density at radius 2 is 1.89 bits per heavy atom. The molecule has 1 atom stereocenters. The van der Waals surface area contributed by atoms with Gasteiger partial charge < -0.3 is 0 Å². The molecule has 27 heavy (non-hydrogen) atoms. The number of nitrogens with zero attached hydrogens (tertiary/aromatic N) is 2. The Labute approximate surface area is 154 Å². The van der Waals surface area contributed by atoms with Crippen LogP contribution in [0.3, 0.4) is 0 Å². The number of benzene rings is 2. The number of carbonyl (C=O) groups excluding carboxylic acids is 1. The van der Waals surface area contributed by atoms with Gasteiger partial charge in [-0.05, 0) is 48.2 Å². The highest BCUT2D eigenvalue weighted by Gasteiger charge is 2.49. The number of carbonyl (C=O) groups is 1. The van der Waals surface area contributed by atoms with E-state index in [1.807, 2.05) is 0 Å². The third kappa shape index (κ3) is 2.62. The fourth-order valence-corrected chi connectivity index (χ4v) is 3.85. The minimum atomic E-state index is -1.26. The molecule has 2 N–H and O–H groups in total. The fourth-order valence-electron chi connectivity index (χ4n) is 3.85. The Hall–Kier alpha value is -3.06. The number of nitrogens with one attached hydrogen (secondary N) is 1. The maximum Gasteiger partial charge on any atom is 0.262 e. The number of amides is 1. The van der Waals surface area contributed by atoms with E-state index < -0.39 is 23.0 Å². The highest BCUT2D eigenvalue weighted by atomic mass is 19.1. The maximum atomic E-state index is 14.2. The zero-order valence-corrected chi connectivity index (χ0v) is 14.5. The van der Waals surface area contributed by atoms with E-state index >= 15 is 0 Å². The van der Waals surface area contributed by atoms with Gasteiger partial charge in [-0.25, -0.2) is 8.78 Å². The second-order valence-electron chi connectivity index (χ2n) is 6.79. The molecule has 3 aromatic rings. The van der Waals surface area contributed by atoms with E-state index in [1.54, 1.807) is 19.2 Å². The van der Waals surface area contributed by atoms with E-state index in [0.717, 1.165) is 17.3 Å². The molecule has 0 saturated carbocycles. The molecule has 5 nitrogen and oxygen atoms in total. The van der Waals surface area contributed by atoms with Gasteiger partial charge in [0.1, 0.15) is 17.3 Å². The molecule has 7 heteroatoms. The third-order valence-corrected chi connectivity index (χ3v) is 5.24. The lowest BCUT2D eigenvalue weighted by Gasteiger charge is -2.33. The van der Waals surface area contributed by atoms with Gasteiger partial charge in [0, 0.05) is 12.1 Å². The number of anilines is 1. The van der Waals surface area contributed by atoms with Crippen LogP contribution in [0.1, 0.15) is 22.4 Å². The van der Waals surface area contributed by atoms with Gasteiger partial charge in [0.25, 0.3) is 5.91 Å². The summed E-state index contributed by atoms with van der Waals surface area (Å²) in [7, 11) is 0. The van der Waals surface area contributed by atoms with Gasteiger partial charge in [-0.3, -0.25) is 15.1 Å². The molecule has 1 aliphatic rings. The number of rotatable bonds is 3. The number of hydroxylamine groups is 1.